The molecule has 1 aromatic heterocycles. The topological polar surface area (TPSA) is 98.5 Å². The average Bonchev–Trinajstić information content (AvgIpc) is 3.30. The van der Waals surface area contributed by atoms with Crippen LogP contribution in [0.15, 0.2) is 53.1 Å². The van der Waals surface area contributed by atoms with Crippen molar-refractivity contribution in [3.63, 3.8) is 0 Å². The van der Waals surface area contributed by atoms with Gasteiger partial charge in [-0.25, -0.2) is 9.37 Å². The molecule has 0 saturated heterocycles. The second kappa shape index (κ2) is 12.9. The third-order valence-electron chi connectivity index (χ3n) is 4.96. The molecule has 0 aliphatic carbocycles. The summed E-state index contributed by atoms with van der Waals surface area (Å²) < 4.78 is 24.5. The molecule has 0 radical (unpaired) electrons. The number of nitrogens with zero attached hydrogens (tertiary/aromatic N) is 1. The maximum absolute atomic E-state index is 13.7. The van der Waals surface area contributed by atoms with Crippen LogP contribution in [0, 0.1) is 5.82 Å². The molecule has 0 bridgehead atoms. The Hall–Kier alpha value is -3.77. The third kappa shape index (κ3) is 7.40. The Bertz CT molecular complexity index is 1070. The number of methoxy groups -OCH3 is 1. The molecule has 0 aliphatic heterocycles. The zero-order chi connectivity index (χ0) is 24.2. The zero-order valence-corrected chi connectivity index (χ0v) is 18.9. The lowest BCUT2D eigenvalue weighted by Gasteiger charge is -2.18. The lowest BCUT2D eigenvalue weighted by Crippen LogP contribution is -2.36. The number of hydrogen-bond acceptors (Lipinski definition) is 6. The lowest BCUT2D eigenvalue weighted by atomic mass is 9.98. The fourth-order valence-electron chi connectivity index (χ4n) is 3.42. The van der Waals surface area contributed by atoms with Gasteiger partial charge in [0.25, 0.3) is 5.91 Å². The van der Waals surface area contributed by atoms with E-state index in [4.69, 9.17) is 18.7 Å². The molecule has 0 fully saturated rings. The number of hydrogen-bond donors (Lipinski definition) is 1. The van der Waals surface area contributed by atoms with Crippen molar-refractivity contribution in [3.8, 4) is 16.9 Å². The summed E-state index contributed by atoms with van der Waals surface area (Å²) in [6.45, 7) is 4.01. The van der Waals surface area contributed by atoms with Crippen LogP contribution in [0.4, 0.5) is 4.39 Å². The van der Waals surface area contributed by atoms with Crippen LogP contribution in [0.25, 0.3) is 11.1 Å². The van der Waals surface area contributed by atoms with Crippen molar-refractivity contribution < 1.29 is 27.9 Å². The van der Waals surface area contributed by atoms with Gasteiger partial charge in [-0.05, 0) is 42.2 Å². The number of rotatable bonds is 9. The Labute approximate surface area is 192 Å². The number of halogens is 1. The van der Waals surface area contributed by atoms with Gasteiger partial charge < -0.3 is 14.5 Å². The summed E-state index contributed by atoms with van der Waals surface area (Å²) in [5.74, 6) is 0.858. The molecule has 174 valence electrons. The molecule has 1 amide bonds. The van der Waals surface area contributed by atoms with E-state index in [1.165, 1.54) is 18.3 Å². The first-order valence-corrected chi connectivity index (χ1v) is 10.6. The first kappa shape index (κ1) is 25.5. The predicted octanol–water partition coefficient (Wildman–Crippen LogP) is 4.61. The van der Waals surface area contributed by atoms with E-state index in [2.05, 4.69) is 17.2 Å². The highest BCUT2D eigenvalue weighted by Gasteiger charge is 2.17. The van der Waals surface area contributed by atoms with E-state index in [9.17, 15) is 9.18 Å². The first-order chi connectivity index (χ1) is 15.9. The van der Waals surface area contributed by atoms with Gasteiger partial charge in [0.1, 0.15) is 11.6 Å². The second-order valence-electron chi connectivity index (χ2n) is 7.26. The summed E-state index contributed by atoms with van der Waals surface area (Å²) in [6.07, 6.45) is 4.85. The van der Waals surface area contributed by atoms with E-state index in [0.29, 0.717) is 30.0 Å². The molecule has 0 aliphatic rings. The number of carbonyl (C=O) groups is 1. The van der Waals surface area contributed by atoms with Crippen LogP contribution in [0.2, 0.25) is 0 Å². The smallest absolute Gasteiger partial charge is 0.373 e. The molecule has 3 rings (SSSR count). The average molecular weight is 454 g/mol. The van der Waals surface area contributed by atoms with Gasteiger partial charge in [0.2, 0.25) is 5.76 Å². The van der Waals surface area contributed by atoms with Gasteiger partial charge in [-0.1, -0.05) is 44.5 Å². The maximum atomic E-state index is 13.7. The van der Waals surface area contributed by atoms with Gasteiger partial charge >= 0.3 is 6.15 Å². The molecule has 33 heavy (non-hydrogen) atoms. The summed E-state index contributed by atoms with van der Waals surface area (Å²) in [6, 6.07) is 12.3. The fraction of sp³-hybridized carbons (Fsp3) is 0.320. The van der Waals surface area contributed by atoms with Crippen molar-refractivity contribution in [3.05, 3.63) is 71.7 Å². The molecular weight excluding hydrogens is 427 g/mol. The van der Waals surface area contributed by atoms with Gasteiger partial charge in [0.15, 0.2) is 5.89 Å². The van der Waals surface area contributed by atoms with E-state index in [-0.39, 0.29) is 29.7 Å². The Morgan fingerprint density at radius 1 is 1.18 bits per heavy atom. The normalized spacial score (nSPS) is 11.0. The van der Waals surface area contributed by atoms with Gasteiger partial charge in [-0.2, -0.15) is 9.59 Å². The van der Waals surface area contributed by atoms with Crippen molar-refractivity contribution in [1.82, 2.24) is 10.3 Å². The molecule has 0 unspecified atom stereocenters. The van der Waals surface area contributed by atoms with Crippen molar-refractivity contribution in [2.45, 2.75) is 45.6 Å². The van der Waals surface area contributed by atoms with Crippen molar-refractivity contribution in [1.29, 1.82) is 0 Å². The predicted molar refractivity (Wildman–Crippen MR) is 119 cm³/mol. The first-order valence-electron chi connectivity index (χ1n) is 10.6. The van der Waals surface area contributed by atoms with E-state index < -0.39 is 0 Å². The largest absolute Gasteiger partial charge is 0.496 e. The van der Waals surface area contributed by atoms with E-state index >= 15 is 0 Å². The van der Waals surface area contributed by atoms with E-state index in [0.717, 1.165) is 24.0 Å². The molecule has 2 aromatic carbocycles. The van der Waals surface area contributed by atoms with Crippen molar-refractivity contribution in [2.75, 3.05) is 7.11 Å². The Morgan fingerprint density at radius 2 is 1.88 bits per heavy atom. The number of benzene rings is 2. The molecule has 1 atom stereocenters. The van der Waals surface area contributed by atoms with Crippen LogP contribution in [0.1, 0.15) is 48.7 Å². The van der Waals surface area contributed by atoms with Crippen LogP contribution < -0.4 is 10.1 Å². The zero-order valence-electron chi connectivity index (χ0n) is 18.9. The molecule has 8 heteroatoms. The Balaban J connectivity index is 0.00000122. The highest BCUT2D eigenvalue weighted by molar-refractivity contribution is 5.91. The Morgan fingerprint density at radius 3 is 2.45 bits per heavy atom. The summed E-state index contributed by atoms with van der Waals surface area (Å²) in [4.78, 5) is 32.8. The second-order valence-corrected chi connectivity index (χ2v) is 7.26. The summed E-state index contributed by atoms with van der Waals surface area (Å²) in [7, 11) is 1.57. The van der Waals surface area contributed by atoms with E-state index in [1.807, 2.05) is 31.2 Å². The molecule has 0 saturated carbocycles. The number of amides is 1. The number of aromatic nitrogens is 1. The molecule has 7 nitrogen and oxygen atoms in total. The summed E-state index contributed by atoms with van der Waals surface area (Å²) >= 11 is 0. The quantitative estimate of drug-likeness (QED) is 0.507. The molecule has 1 heterocycles. The summed E-state index contributed by atoms with van der Waals surface area (Å²) in [5.41, 5.74) is 2.67. The van der Waals surface area contributed by atoms with Crippen LogP contribution in [0.5, 0.6) is 5.75 Å². The number of oxazole rings is 1. The van der Waals surface area contributed by atoms with Crippen LogP contribution >= 0.6 is 0 Å². The highest BCUT2D eigenvalue weighted by Crippen LogP contribution is 2.31. The van der Waals surface area contributed by atoms with E-state index in [1.54, 1.807) is 13.2 Å². The minimum Gasteiger partial charge on any atom is -0.496 e. The molecule has 1 N–H and O–H groups in total. The molecule has 0 spiro atoms. The fourth-order valence-corrected chi connectivity index (χ4v) is 3.42. The minimum atomic E-state index is -0.306. The Kier molecular flexibility index (Phi) is 9.99. The lowest BCUT2D eigenvalue weighted by molar-refractivity contribution is -0.191. The third-order valence-corrected chi connectivity index (χ3v) is 4.96. The number of aryl methyl sites for hydroxylation is 1. The standard InChI is InChI=1S/C24H27FN2O3.CO2/c1-4-6-19(27-24(28)22-15-26-23(5-2)30-22)13-16-7-9-17(10-8-16)20-14-18(25)11-12-21(20)29-3;2-1-3/h7-12,14-15,19H,4-6,13H2,1-3H3,(H,27,28);/t19-;/m0./s1. The minimum absolute atomic E-state index is 0.0211. The van der Waals surface area contributed by atoms with Crippen LogP contribution in [-0.2, 0) is 22.4 Å². The van der Waals surface area contributed by atoms with Crippen LogP contribution in [-0.4, -0.2) is 30.2 Å². The van der Waals surface area contributed by atoms with Gasteiger partial charge in [0, 0.05) is 18.0 Å². The summed E-state index contributed by atoms with van der Waals surface area (Å²) in [5, 5.41) is 3.05. The highest BCUT2D eigenvalue weighted by atomic mass is 19.1. The van der Waals surface area contributed by atoms with Gasteiger partial charge in [0.05, 0.1) is 13.3 Å². The van der Waals surface area contributed by atoms with Crippen molar-refractivity contribution in [2.24, 2.45) is 0 Å². The number of carbonyl (C=O) groups excluding carboxylic acids is 3. The molecule has 3 aromatic rings. The number of nitrogens with one attached hydrogen (secondary N) is 1. The molecular formula is C25H27FN2O5. The monoisotopic (exact) mass is 454 g/mol. The maximum Gasteiger partial charge on any atom is 0.373 e. The van der Waals surface area contributed by atoms with Crippen molar-refractivity contribution >= 4 is 12.1 Å². The number of ether oxygens (including phenoxy) is 1. The SMILES string of the molecule is CCC[C@@H](Cc1ccc(-c2cc(F)ccc2OC)cc1)NC(=O)c1cnc(CC)o1.O=C=O. The van der Waals surface area contributed by atoms with Crippen LogP contribution in [0.3, 0.4) is 0 Å². The van der Waals surface area contributed by atoms with Gasteiger partial charge in [-0.15, -0.1) is 0 Å². The van der Waals surface area contributed by atoms with Gasteiger partial charge in [-0.3, -0.25) is 4.79 Å².